The van der Waals surface area contributed by atoms with Gasteiger partial charge in [-0.25, -0.2) is 0 Å². The Hall–Kier alpha value is -0.180. The zero-order valence-electron chi connectivity index (χ0n) is 10.7. The fraction of sp³-hybridized carbons (Fsp3) is 0.571. The van der Waals surface area contributed by atoms with Crippen molar-refractivity contribution in [2.45, 2.75) is 49.2 Å². The molecular weight excluding hydrogens is 250 g/mol. The molecule has 1 aromatic rings. The summed E-state index contributed by atoms with van der Waals surface area (Å²) in [6, 6.07) is 8.06. The highest BCUT2D eigenvalue weighted by Crippen LogP contribution is 2.40. The number of halogens is 1. The molecule has 0 bridgehead atoms. The molecule has 1 aromatic carbocycles. The summed E-state index contributed by atoms with van der Waals surface area (Å²) < 4.78 is 0.175. The van der Waals surface area contributed by atoms with Gasteiger partial charge >= 0.3 is 0 Å². The summed E-state index contributed by atoms with van der Waals surface area (Å²) in [5, 5.41) is 0.800. The van der Waals surface area contributed by atoms with Crippen LogP contribution < -0.4 is 5.73 Å². The van der Waals surface area contributed by atoms with Crippen LogP contribution in [0.25, 0.3) is 0 Å². The molecule has 1 rings (SSSR count). The van der Waals surface area contributed by atoms with Crippen LogP contribution in [0.4, 0.5) is 0 Å². The van der Waals surface area contributed by atoms with Crippen LogP contribution in [0.15, 0.2) is 29.2 Å². The maximum Gasteiger partial charge on any atom is 0.0417 e. The van der Waals surface area contributed by atoms with Gasteiger partial charge in [0.25, 0.3) is 0 Å². The minimum atomic E-state index is 0.175. The summed E-state index contributed by atoms with van der Waals surface area (Å²) in [4.78, 5) is 1.23. The van der Waals surface area contributed by atoms with Gasteiger partial charge in [-0.3, -0.25) is 0 Å². The van der Waals surface area contributed by atoms with Crippen molar-refractivity contribution < 1.29 is 0 Å². The number of nitrogens with two attached hydrogens (primary N) is 1. The molecule has 0 atom stereocenters. The largest absolute Gasteiger partial charge is 0.329 e. The first-order valence-corrected chi connectivity index (χ1v) is 7.50. The summed E-state index contributed by atoms with van der Waals surface area (Å²) in [7, 11) is 0. The predicted molar refractivity (Wildman–Crippen MR) is 78.9 cm³/mol. The predicted octanol–water partition coefficient (Wildman–Crippen LogP) is 4.73. The third-order valence-electron chi connectivity index (χ3n) is 2.91. The SMILES string of the molecule is CCCC(CN)(CCC)Sc1cccc(Cl)c1. The topological polar surface area (TPSA) is 26.0 Å². The maximum atomic E-state index is 6.03. The minimum absolute atomic E-state index is 0.175. The van der Waals surface area contributed by atoms with Crippen LogP contribution in [-0.2, 0) is 0 Å². The highest BCUT2D eigenvalue weighted by Gasteiger charge is 2.27. The first-order valence-electron chi connectivity index (χ1n) is 6.30. The van der Waals surface area contributed by atoms with Gasteiger partial charge in [0.15, 0.2) is 0 Å². The van der Waals surface area contributed by atoms with Gasteiger partial charge in [0.05, 0.1) is 0 Å². The van der Waals surface area contributed by atoms with Crippen molar-refractivity contribution in [3.05, 3.63) is 29.3 Å². The maximum absolute atomic E-state index is 6.03. The van der Waals surface area contributed by atoms with Crippen LogP contribution in [-0.4, -0.2) is 11.3 Å². The van der Waals surface area contributed by atoms with Gasteiger partial charge in [-0.05, 0) is 31.0 Å². The van der Waals surface area contributed by atoms with Crippen molar-refractivity contribution in [2.75, 3.05) is 6.54 Å². The Morgan fingerprint density at radius 3 is 2.35 bits per heavy atom. The molecule has 96 valence electrons. The standard InChI is InChI=1S/C14H22ClNS/c1-3-8-14(11-16,9-4-2)17-13-7-5-6-12(15)10-13/h5-7,10H,3-4,8-9,11,16H2,1-2H3. The van der Waals surface area contributed by atoms with Crippen LogP contribution in [0.3, 0.4) is 0 Å². The van der Waals surface area contributed by atoms with E-state index in [4.69, 9.17) is 17.3 Å². The van der Waals surface area contributed by atoms with E-state index < -0.39 is 0 Å². The highest BCUT2D eigenvalue weighted by atomic mass is 35.5. The number of hydrogen-bond donors (Lipinski definition) is 1. The summed E-state index contributed by atoms with van der Waals surface area (Å²) in [6.45, 7) is 5.17. The number of thioether (sulfide) groups is 1. The molecule has 0 aliphatic heterocycles. The van der Waals surface area contributed by atoms with Gasteiger partial charge in [0.1, 0.15) is 0 Å². The highest BCUT2D eigenvalue weighted by molar-refractivity contribution is 8.00. The molecule has 0 fully saturated rings. The fourth-order valence-corrected chi connectivity index (χ4v) is 3.95. The van der Waals surface area contributed by atoms with E-state index in [-0.39, 0.29) is 4.75 Å². The molecule has 3 heteroatoms. The summed E-state index contributed by atoms with van der Waals surface area (Å²) in [5.41, 5.74) is 6.01. The second-order valence-electron chi connectivity index (χ2n) is 4.45. The molecule has 0 spiro atoms. The zero-order chi connectivity index (χ0) is 12.7. The molecule has 2 N–H and O–H groups in total. The van der Waals surface area contributed by atoms with Crippen molar-refractivity contribution in [3.63, 3.8) is 0 Å². The lowest BCUT2D eigenvalue weighted by Gasteiger charge is -2.31. The Morgan fingerprint density at radius 1 is 1.24 bits per heavy atom. The van der Waals surface area contributed by atoms with Crippen molar-refractivity contribution in [1.82, 2.24) is 0 Å². The first kappa shape index (κ1) is 14.9. The van der Waals surface area contributed by atoms with Crippen molar-refractivity contribution in [2.24, 2.45) is 5.73 Å². The van der Waals surface area contributed by atoms with Crippen LogP contribution >= 0.6 is 23.4 Å². The lowest BCUT2D eigenvalue weighted by molar-refractivity contribution is 0.498. The van der Waals surface area contributed by atoms with E-state index in [9.17, 15) is 0 Å². The van der Waals surface area contributed by atoms with E-state index in [0.29, 0.717) is 0 Å². The smallest absolute Gasteiger partial charge is 0.0417 e. The first-order chi connectivity index (χ1) is 8.15. The fourth-order valence-electron chi connectivity index (χ4n) is 2.16. The average molecular weight is 272 g/mol. The van der Waals surface area contributed by atoms with E-state index in [1.807, 2.05) is 30.0 Å². The van der Waals surface area contributed by atoms with Gasteiger partial charge in [-0.2, -0.15) is 0 Å². The van der Waals surface area contributed by atoms with E-state index in [1.54, 1.807) is 0 Å². The molecule has 0 aliphatic carbocycles. The second-order valence-corrected chi connectivity index (χ2v) is 6.42. The Morgan fingerprint density at radius 2 is 1.88 bits per heavy atom. The lowest BCUT2D eigenvalue weighted by Crippen LogP contribution is -2.34. The summed E-state index contributed by atoms with van der Waals surface area (Å²) in [5.74, 6) is 0. The van der Waals surface area contributed by atoms with Crippen molar-refractivity contribution in [1.29, 1.82) is 0 Å². The van der Waals surface area contributed by atoms with Crippen LogP contribution in [0.1, 0.15) is 39.5 Å². The Bertz CT molecular complexity index is 335. The normalized spacial score (nSPS) is 11.8. The lowest BCUT2D eigenvalue weighted by atomic mass is 9.97. The molecule has 0 saturated heterocycles. The van der Waals surface area contributed by atoms with Crippen molar-refractivity contribution in [3.8, 4) is 0 Å². The molecule has 0 amide bonds. The quantitative estimate of drug-likeness (QED) is 0.726. The summed E-state index contributed by atoms with van der Waals surface area (Å²) >= 11 is 7.92. The minimum Gasteiger partial charge on any atom is -0.329 e. The number of benzene rings is 1. The Balaban J connectivity index is 2.84. The number of rotatable bonds is 7. The summed E-state index contributed by atoms with van der Waals surface area (Å²) in [6.07, 6.45) is 4.67. The van der Waals surface area contributed by atoms with Gasteiger partial charge in [-0.15, -0.1) is 11.8 Å². The molecule has 0 unspecified atom stereocenters. The molecule has 0 aromatic heterocycles. The van der Waals surface area contributed by atoms with Crippen LogP contribution in [0.2, 0.25) is 5.02 Å². The molecular formula is C14H22ClNS. The Kier molecular flexibility index (Phi) is 6.39. The van der Waals surface area contributed by atoms with E-state index in [2.05, 4.69) is 19.9 Å². The van der Waals surface area contributed by atoms with Crippen LogP contribution in [0.5, 0.6) is 0 Å². The number of hydrogen-bond acceptors (Lipinski definition) is 2. The van der Waals surface area contributed by atoms with E-state index in [1.165, 1.54) is 17.7 Å². The average Bonchev–Trinajstić information content (AvgIpc) is 2.29. The monoisotopic (exact) mass is 271 g/mol. The van der Waals surface area contributed by atoms with Gasteiger partial charge in [0, 0.05) is 21.2 Å². The molecule has 17 heavy (non-hydrogen) atoms. The second kappa shape index (κ2) is 7.30. The molecule has 1 nitrogen and oxygen atoms in total. The van der Waals surface area contributed by atoms with E-state index >= 15 is 0 Å². The van der Waals surface area contributed by atoms with Crippen LogP contribution in [0, 0.1) is 0 Å². The molecule has 0 heterocycles. The third kappa shape index (κ3) is 4.53. The third-order valence-corrected chi connectivity index (χ3v) is 4.65. The van der Waals surface area contributed by atoms with Crippen molar-refractivity contribution >= 4 is 23.4 Å². The Labute approximate surface area is 114 Å². The van der Waals surface area contributed by atoms with Gasteiger partial charge < -0.3 is 5.73 Å². The molecule has 0 saturated carbocycles. The zero-order valence-corrected chi connectivity index (χ0v) is 12.3. The molecule has 0 aliphatic rings. The van der Waals surface area contributed by atoms with Gasteiger partial charge in [0.2, 0.25) is 0 Å². The van der Waals surface area contributed by atoms with E-state index in [0.717, 1.165) is 24.4 Å². The van der Waals surface area contributed by atoms with Gasteiger partial charge in [-0.1, -0.05) is 44.4 Å². The molecule has 0 radical (unpaired) electrons.